The van der Waals surface area contributed by atoms with Gasteiger partial charge in [-0.2, -0.15) is 5.26 Å². The zero-order valence-electron chi connectivity index (χ0n) is 12.2. The first-order chi connectivity index (χ1) is 11.3. The Balaban J connectivity index is 1.91. The molecule has 0 radical (unpaired) electrons. The maximum Gasteiger partial charge on any atom is 0.205 e. The van der Waals surface area contributed by atoms with E-state index < -0.39 is 0 Å². The third kappa shape index (κ3) is 3.09. The number of nitrogens with zero attached hydrogens (tertiary/aromatic N) is 2. The Morgan fingerprint density at radius 2 is 1.83 bits per heavy atom. The summed E-state index contributed by atoms with van der Waals surface area (Å²) in [5.74, 6) is -0.311. The lowest BCUT2D eigenvalue weighted by Crippen LogP contribution is -2.04. The van der Waals surface area contributed by atoms with Crippen molar-refractivity contribution in [3.8, 4) is 6.07 Å². The van der Waals surface area contributed by atoms with Gasteiger partial charge in [-0.05, 0) is 12.1 Å². The summed E-state index contributed by atoms with van der Waals surface area (Å²) in [6.45, 7) is 0. The van der Waals surface area contributed by atoms with E-state index in [4.69, 9.17) is 0 Å². The fourth-order valence-corrected chi connectivity index (χ4v) is 2.26. The molecule has 23 heavy (non-hydrogen) atoms. The number of para-hydroxylation sites is 1. The van der Waals surface area contributed by atoms with Gasteiger partial charge in [-0.15, -0.1) is 0 Å². The minimum atomic E-state index is -0.311. The fraction of sp³-hybridized carbons (Fsp3) is 0. The molecule has 0 aliphatic carbocycles. The van der Waals surface area contributed by atoms with E-state index in [0.717, 1.165) is 16.6 Å². The molecule has 0 saturated carbocycles. The minimum absolute atomic E-state index is 0.0455. The number of aromatic nitrogens is 1. The largest absolute Gasteiger partial charge is 0.359 e. The number of nitrogens with one attached hydrogen (secondary N) is 1. The van der Waals surface area contributed by atoms with Crippen LogP contribution in [-0.4, -0.2) is 10.8 Å². The van der Waals surface area contributed by atoms with Gasteiger partial charge in [0.2, 0.25) is 5.78 Å². The SMILES string of the molecule is N#CC(=CNc1cccc2cccnc12)C(=O)c1ccccc1. The molecular formula is C19H13N3O. The highest BCUT2D eigenvalue weighted by atomic mass is 16.1. The van der Waals surface area contributed by atoms with E-state index in [1.165, 1.54) is 6.20 Å². The highest BCUT2D eigenvalue weighted by Crippen LogP contribution is 2.21. The van der Waals surface area contributed by atoms with Crippen LogP contribution in [0, 0.1) is 11.3 Å². The minimum Gasteiger partial charge on any atom is -0.359 e. The number of rotatable bonds is 4. The lowest BCUT2D eigenvalue weighted by atomic mass is 10.1. The van der Waals surface area contributed by atoms with E-state index >= 15 is 0 Å². The van der Waals surface area contributed by atoms with Crippen LogP contribution in [0.15, 0.2) is 78.6 Å². The average molecular weight is 299 g/mol. The molecule has 110 valence electrons. The zero-order valence-corrected chi connectivity index (χ0v) is 12.2. The first kappa shape index (κ1) is 14.5. The van der Waals surface area contributed by atoms with Crippen LogP contribution in [0.5, 0.6) is 0 Å². The van der Waals surface area contributed by atoms with E-state index in [1.54, 1.807) is 30.5 Å². The molecule has 1 heterocycles. The van der Waals surface area contributed by atoms with Crippen molar-refractivity contribution in [2.75, 3.05) is 5.32 Å². The van der Waals surface area contributed by atoms with Gasteiger partial charge in [-0.25, -0.2) is 0 Å². The first-order valence-corrected chi connectivity index (χ1v) is 7.10. The number of hydrogen-bond acceptors (Lipinski definition) is 4. The second kappa shape index (κ2) is 6.54. The predicted molar refractivity (Wildman–Crippen MR) is 89.8 cm³/mol. The van der Waals surface area contributed by atoms with Gasteiger partial charge in [-0.3, -0.25) is 9.78 Å². The maximum absolute atomic E-state index is 12.3. The number of anilines is 1. The maximum atomic E-state index is 12.3. The summed E-state index contributed by atoms with van der Waals surface area (Å²) in [4.78, 5) is 16.6. The summed E-state index contributed by atoms with van der Waals surface area (Å²) >= 11 is 0. The Morgan fingerprint density at radius 1 is 1.04 bits per heavy atom. The number of pyridine rings is 1. The molecule has 4 heteroatoms. The van der Waals surface area contributed by atoms with Gasteiger partial charge in [0.25, 0.3) is 0 Å². The molecule has 3 rings (SSSR count). The molecule has 0 aliphatic rings. The number of allylic oxidation sites excluding steroid dienone is 1. The summed E-state index contributed by atoms with van der Waals surface area (Å²) < 4.78 is 0. The van der Waals surface area contributed by atoms with Crippen LogP contribution in [0.4, 0.5) is 5.69 Å². The van der Waals surface area contributed by atoms with Crippen molar-refractivity contribution in [1.82, 2.24) is 4.98 Å². The van der Waals surface area contributed by atoms with E-state index in [0.29, 0.717) is 5.56 Å². The Bertz CT molecular complexity index is 919. The first-order valence-electron chi connectivity index (χ1n) is 7.10. The van der Waals surface area contributed by atoms with E-state index in [2.05, 4.69) is 10.3 Å². The molecule has 0 atom stereocenters. The van der Waals surface area contributed by atoms with Gasteiger partial charge >= 0.3 is 0 Å². The van der Waals surface area contributed by atoms with E-state index in [9.17, 15) is 10.1 Å². The highest BCUT2D eigenvalue weighted by molar-refractivity contribution is 6.11. The molecule has 0 fully saturated rings. The number of benzene rings is 2. The van der Waals surface area contributed by atoms with Crippen molar-refractivity contribution in [2.24, 2.45) is 0 Å². The summed E-state index contributed by atoms with van der Waals surface area (Å²) in [6.07, 6.45) is 3.14. The quantitative estimate of drug-likeness (QED) is 0.450. The Kier molecular flexibility index (Phi) is 4.12. The van der Waals surface area contributed by atoms with Crippen molar-refractivity contribution in [3.05, 3.63) is 84.2 Å². The average Bonchev–Trinajstić information content (AvgIpc) is 2.63. The zero-order chi connectivity index (χ0) is 16.1. The second-order valence-electron chi connectivity index (χ2n) is 4.89. The number of carbonyl (C=O) groups excluding carboxylic acids is 1. The van der Waals surface area contributed by atoms with Gasteiger partial charge in [0.1, 0.15) is 11.6 Å². The fourth-order valence-electron chi connectivity index (χ4n) is 2.26. The Hall–Kier alpha value is -3.45. The highest BCUT2D eigenvalue weighted by Gasteiger charge is 2.11. The summed E-state index contributed by atoms with van der Waals surface area (Å²) in [6, 6.07) is 20.2. The number of carbonyl (C=O) groups is 1. The molecule has 0 spiro atoms. The molecule has 1 N–H and O–H groups in total. The van der Waals surface area contributed by atoms with Crippen molar-refractivity contribution in [2.45, 2.75) is 0 Å². The lowest BCUT2D eigenvalue weighted by Gasteiger charge is -2.06. The van der Waals surface area contributed by atoms with Crippen LogP contribution >= 0.6 is 0 Å². The number of ketones is 1. The second-order valence-corrected chi connectivity index (χ2v) is 4.89. The number of nitriles is 1. The van der Waals surface area contributed by atoms with Crippen molar-refractivity contribution in [3.63, 3.8) is 0 Å². The predicted octanol–water partition coefficient (Wildman–Crippen LogP) is 3.94. The summed E-state index contributed by atoms with van der Waals surface area (Å²) in [7, 11) is 0. The van der Waals surface area contributed by atoms with Crippen LogP contribution in [0.1, 0.15) is 10.4 Å². The molecule has 0 unspecified atom stereocenters. The van der Waals surface area contributed by atoms with Crippen molar-refractivity contribution >= 4 is 22.4 Å². The van der Waals surface area contributed by atoms with E-state index in [1.807, 2.05) is 42.5 Å². The van der Waals surface area contributed by atoms with Crippen LogP contribution in [-0.2, 0) is 0 Å². The Labute approximate surface area is 133 Å². The molecule has 3 aromatic rings. The summed E-state index contributed by atoms with van der Waals surface area (Å²) in [5, 5.41) is 13.3. The van der Waals surface area contributed by atoms with Gasteiger partial charge < -0.3 is 5.32 Å². The smallest absolute Gasteiger partial charge is 0.205 e. The Morgan fingerprint density at radius 3 is 2.61 bits per heavy atom. The number of fused-ring (bicyclic) bond motifs is 1. The topological polar surface area (TPSA) is 65.8 Å². The molecule has 0 saturated heterocycles. The van der Waals surface area contributed by atoms with E-state index in [-0.39, 0.29) is 11.4 Å². The molecule has 4 nitrogen and oxygen atoms in total. The lowest BCUT2D eigenvalue weighted by molar-refractivity contribution is 0.103. The number of Topliss-reactive ketones (excluding diaryl/α,β-unsaturated/α-hetero) is 1. The standard InChI is InChI=1S/C19H13N3O/c20-12-16(19(23)15-6-2-1-3-7-15)13-22-17-10-4-8-14-9-5-11-21-18(14)17/h1-11,13,22H. The molecule has 1 aromatic heterocycles. The molecule has 0 aliphatic heterocycles. The summed E-state index contributed by atoms with van der Waals surface area (Å²) in [5.41, 5.74) is 2.06. The van der Waals surface area contributed by atoms with Crippen LogP contribution in [0.25, 0.3) is 10.9 Å². The van der Waals surface area contributed by atoms with Gasteiger partial charge in [0, 0.05) is 23.3 Å². The third-order valence-electron chi connectivity index (χ3n) is 3.41. The van der Waals surface area contributed by atoms with Crippen molar-refractivity contribution in [1.29, 1.82) is 5.26 Å². The third-order valence-corrected chi connectivity index (χ3v) is 3.41. The molecule has 2 aromatic carbocycles. The van der Waals surface area contributed by atoms with Crippen molar-refractivity contribution < 1.29 is 4.79 Å². The van der Waals surface area contributed by atoms with Gasteiger partial charge in [0.15, 0.2) is 0 Å². The van der Waals surface area contributed by atoms with Gasteiger partial charge in [-0.1, -0.05) is 48.5 Å². The number of hydrogen-bond donors (Lipinski definition) is 1. The molecular weight excluding hydrogens is 286 g/mol. The van der Waals surface area contributed by atoms with Crippen LogP contribution in [0.2, 0.25) is 0 Å². The van der Waals surface area contributed by atoms with Crippen LogP contribution in [0.3, 0.4) is 0 Å². The molecule has 0 bridgehead atoms. The monoisotopic (exact) mass is 299 g/mol. The van der Waals surface area contributed by atoms with Gasteiger partial charge in [0.05, 0.1) is 11.2 Å². The normalized spacial score (nSPS) is 11.0. The molecule has 0 amide bonds. The van der Waals surface area contributed by atoms with Crippen LogP contribution < -0.4 is 5.32 Å².